The van der Waals surface area contributed by atoms with Crippen molar-refractivity contribution in [1.82, 2.24) is 9.97 Å². The Labute approximate surface area is 169 Å². The standard InChI is InChI=1S/C21H22ClN3OS/c1-4-14-10-17(15-7-8-19(24-12-15)25(2)3)11-18(22)20(14)27-21-16(13-26)6-5-9-23-21/h5-12,26H,4,13H2,1-3H3. The highest BCUT2D eigenvalue weighted by molar-refractivity contribution is 7.99. The zero-order valence-electron chi connectivity index (χ0n) is 15.6. The summed E-state index contributed by atoms with van der Waals surface area (Å²) in [5, 5.41) is 11.0. The number of aromatic nitrogens is 2. The Hall–Kier alpha value is -2.08. The minimum Gasteiger partial charge on any atom is -0.392 e. The fourth-order valence-electron chi connectivity index (χ4n) is 2.75. The molecule has 0 unspecified atom stereocenters. The Kier molecular flexibility index (Phi) is 6.37. The SMILES string of the molecule is CCc1cc(-c2ccc(N(C)C)nc2)cc(Cl)c1Sc1ncccc1CO. The summed E-state index contributed by atoms with van der Waals surface area (Å²) in [7, 11) is 3.94. The molecule has 0 fully saturated rings. The van der Waals surface area contributed by atoms with Crippen molar-refractivity contribution in [2.24, 2.45) is 0 Å². The average Bonchev–Trinajstić information content (AvgIpc) is 2.69. The first kappa shape index (κ1) is 19.7. The molecule has 0 bridgehead atoms. The maximum atomic E-state index is 9.55. The van der Waals surface area contributed by atoms with Crippen LogP contribution in [0.5, 0.6) is 0 Å². The molecule has 3 rings (SSSR count). The smallest absolute Gasteiger partial charge is 0.127 e. The number of aliphatic hydroxyl groups is 1. The number of nitrogens with zero attached hydrogens (tertiary/aromatic N) is 3. The van der Waals surface area contributed by atoms with Crippen LogP contribution in [0.15, 0.2) is 58.7 Å². The first-order chi connectivity index (χ1) is 13.0. The molecule has 0 aliphatic carbocycles. The van der Waals surface area contributed by atoms with E-state index in [1.165, 1.54) is 11.8 Å². The van der Waals surface area contributed by atoms with E-state index in [4.69, 9.17) is 11.6 Å². The first-order valence-electron chi connectivity index (χ1n) is 8.72. The predicted octanol–water partition coefficient (Wildman–Crippen LogP) is 5.07. The summed E-state index contributed by atoms with van der Waals surface area (Å²) in [6, 6.07) is 11.9. The monoisotopic (exact) mass is 399 g/mol. The van der Waals surface area contributed by atoms with Crippen molar-refractivity contribution in [2.45, 2.75) is 29.9 Å². The highest BCUT2D eigenvalue weighted by Gasteiger charge is 2.14. The molecule has 2 heterocycles. The molecule has 27 heavy (non-hydrogen) atoms. The van der Waals surface area contributed by atoms with Gasteiger partial charge in [0.05, 0.1) is 11.6 Å². The summed E-state index contributed by atoms with van der Waals surface area (Å²) >= 11 is 8.15. The topological polar surface area (TPSA) is 49.2 Å². The third-order valence-corrected chi connectivity index (χ3v) is 5.92. The van der Waals surface area contributed by atoms with Gasteiger partial charge < -0.3 is 10.0 Å². The molecule has 0 atom stereocenters. The fourth-order valence-corrected chi connectivity index (χ4v) is 4.16. The van der Waals surface area contributed by atoms with Crippen molar-refractivity contribution in [3.8, 4) is 11.1 Å². The molecule has 1 N–H and O–H groups in total. The normalized spacial score (nSPS) is 10.9. The molecule has 0 saturated heterocycles. The van der Waals surface area contributed by atoms with Crippen molar-refractivity contribution < 1.29 is 5.11 Å². The minimum absolute atomic E-state index is 0.0444. The van der Waals surface area contributed by atoms with Crippen LogP contribution in [0.4, 0.5) is 5.82 Å². The van der Waals surface area contributed by atoms with Gasteiger partial charge in [-0.25, -0.2) is 9.97 Å². The number of aryl methyl sites for hydroxylation is 1. The van der Waals surface area contributed by atoms with Gasteiger partial charge in [0.2, 0.25) is 0 Å². The Morgan fingerprint density at radius 1 is 1.07 bits per heavy atom. The van der Waals surface area contributed by atoms with E-state index in [0.717, 1.165) is 44.4 Å². The lowest BCUT2D eigenvalue weighted by Crippen LogP contribution is -2.09. The fraction of sp³-hybridized carbons (Fsp3) is 0.238. The number of benzene rings is 1. The number of halogens is 1. The lowest BCUT2D eigenvalue weighted by molar-refractivity contribution is 0.278. The van der Waals surface area contributed by atoms with Gasteiger partial charge in [-0.2, -0.15) is 0 Å². The second kappa shape index (κ2) is 8.74. The van der Waals surface area contributed by atoms with Crippen molar-refractivity contribution in [1.29, 1.82) is 0 Å². The third kappa shape index (κ3) is 4.43. The lowest BCUT2D eigenvalue weighted by Gasteiger charge is -2.15. The molecular weight excluding hydrogens is 378 g/mol. The molecular formula is C21H22ClN3OS. The molecule has 0 saturated carbocycles. The van der Waals surface area contributed by atoms with Crippen LogP contribution in [0, 0.1) is 0 Å². The van der Waals surface area contributed by atoms with Crippen LogP contribution in [-0.4, -0.2) is 29.2 Å². The number of anilines is 1. The van der Waals surface area contributed by atoms with Gasteiger partial charge in [-0.1, -0.05) is 36.4 Å². The molecule has 0 spiro atoms. The van der Waals surface area contributed by atoms with Gasteiger partial charge in [-0.3, -0.25) is 0 Å². The van der Waals surface area contributed by atoms with E-state index in [1.807, 2.05) is 49.5 Å². The number of hydrogen-bond donors (Lipinski definition) is 1. The van der Waals surface area contributed by atoms with E-state index in [0.29, 0.717) is 5.02 Å². The van der Waals surface area contributed by atoms with E-state index in [-0.39, 0.29) is 6.61 Å². The van der Waals surface area contributed by atoms with E-state index < -0.39 is 0 Å². The summed E-state index contributed by atoms with van der Waals surface area (Å²) in [6.07, 6.45) is 4.45. The molecule has 0 aliphatic heterocycles. The van der Waals surface area contributed by atoms with Crippen LogP contribution < -0.4 is 4.90 Å². The Bertz CT molecular complexity index is 929. The highest BCUT2D eigenvalue weighted by Crippen LogP contribution is 2.39. The highest BCUT2D eigenvalue weighted by atomic mass is 35.5. The van der Waals surface area contributed by atoms with Gasteiger partial charge in [-0.05, 0) is 47.9 Å². The molecule has 0 radical (unpaired) electrons. The molecule has 6 heteroatoms. The number of aliphatic hydroxyl groups excluding tert-OH is 1. The molecule has 1 aromatic carbocycles. The van der Waals surface area contributed by atoms with Crippen molar-refractivity contribution in [2.75, 3.05) is 19.0 Å². The maximum Gasteiger partial charge on any atom is 0.127 e. The van der Waals surface area contributed by atoms with Gasteiger partial charge in [-0.15, -0.1) is 0 Å². The van der Waals surface area contributed by atoms with Gasteiger partial charge in [0, 0.05) is 42.5 Å². The maximum absolute atomic E-state index is 9.55. The summed E-state index contributed by atoms with van der Waals surface area (Å²) < 4.78 is 0. The van der Waals surface area contributed by atoms with Gasteiger partial charge in [0.15, 0.2) is 0 Å². The second-order valence-corrected chi connectivity index (χ2v) is 7.73. The first-order valence-corrected chi connectivity index (χ1v) is 9.91. The Morgan fingerprint density at radius 3 is 2.52 bits per heavy atom. The summed E-state index contributed by atoms with van der Waals surface area (Å²) in [4.78, 5) is 11.8. The van der Waals surface area contributed by atoms with E-state index >= 15 is 0 Å². The van der Waals surface area contributed by atoms with Crippen molar-refractivity contribution in [3.63, 3.8) is 0 Å². The zero-order valence-corrected chi connectivity index (χ0v) is 17.2. The average molecular weight is 400 g/mol. The number of pyridine rings is 2. The number of rotatable bonds is 6. The Morgan fingerprint density at radius 2 is 1.89 bits per heavy atom. The van der Waals surface area contributed by atoms with Crippen LogP contribution in [0.3, 0.4) is 0 Å². The minimum atomic E-state index is -0.0444. The van der Waals surface area contributed by atoms with Gasteiger partial charge in [0.25, 0.3) is 0 Å². The van der Waals surface area contributed by atoms with Crippen LogP contribution in [0.1, 0.15) is 18.1 Å². The quantitative estimate of drug-likeness (QED) is 0.627. The van der Waals surface area contributed by atoms with E-state index in [9.17, 15) is 5.11 Å². The van der Waals surface area contributed by atoms with Crippen molar-refractivity contribution >= 4 is 29.2 Å². The molecule has 140 valence electrons. The predicted molar refractivity (Wildman–Crippen MR) is 113 cm³/mol. The van der Waals surface area contributed by atoms with E-state index in [2.05, 4.69) is 29.0 Å². The molecule has 3 aromatic rings. The van der Waals surface area contributed by atoms with Gasteiger partial charge in [0.1, 0.15) is 10.8 Å². The number of hydrogen-bond acceptors (Lipinski definition) is 5. The second-order valence-electron chi connectivity index (χ2n) is 6.33. The molecule has 0 amide bonds. The van der Waals surface area contributed by atoms with Crippen LogP contribution in [0.25, 0.3) is 11.1 Å². The summed E-state index contributed by atoms with van der Waals surface area (Å²) in [6.45, 7) is 2.06. The Balaban J connectivity index is 1.98. The molecule has 0 aliphatic rings. The zero-order chi connectivity index (χ0) is 19.4. The van der Waals surface area contributed by atoms with Crippen LogP contribution in [-0.2, 0) is 13.0 Å². The summed E-state index contributed by atoms with van der Waals surface area (Å²) in [5.74, 6) is 0.916. The van der Waals surface area contributed by atoms with Crippen molar-refractivity contribution in [3.05, 3.63) is 64.9 Å². The molecule has 4 nitrogen and oxygen atoms in total. The van der Waals surface area contributed by atoms with E-state index in [1.54, 1.807) is 6.20 Å². The lowest BCUT2D eigenvalue weighted by atomic mass is 10.0. The van der Waals surface area contributed by atoms with Crippen LogP contribution in [0.2, 0.25) is 5.02 Å². The molecule has 2 aromatic heterocycles. The van der Waals surface area contributed by atoms with Crippen LogP contribution >= 0.6 is 23.4 Å². The largest absolute Gasteiger partial charge is 0.392 e. The summed E-state index contributed by atoms with van der Waals surface area (Å²) in [5.41, 5.74) is 4.02. The third-order valence-electron chi connectivity index (χ3n) is 4.26. The van der Waals surface area contributed by atoms with Gasteiger partial charge >= 0.3 is 0 Å².